The Kier molecular flexibility index (Phi) is 6.05. The summed E-state index contributed by atoms with van der Waals surface area (Å²) < 4.78 is 24.9. The van der Waals surface area contributed by atoms with Gasteiger partial charge in [-0.25, -0.2) is 4.79 Å². The van der Waals surface area contributed by atoms with E-state index in [4.69, 9.17) is 18.9 Å². The van der Waals surface area contributed by atoms with Gasteiger partial charge in [0.05, 0.1) is 44.6 Å². The van der Waals surface area contributed by atoms with Crippen LogP contribution in [0.5, 0.6) is 0 Å². The number of ether oxygens (including phenoxy) is 4. The fourth-order valence-corrected chi connectivity index (χ4v) is 13.4. The number of carboxylic acid groups (broad SMARTS) is 1. The molecule has 1 N–H and O–H groups in total. The largest absolute Gasteiger partial charge is 0.479 e. The second-order valence-electron chi connectivity index (χ2n) is 16.9. The monoisotopic (exact) mass is 571 g/mol. The second kappa shape index (κ2) is 8.93. The lowest BCUT2D eigenvalue weighted by Crippen LogP contribution is -2.59. The van der Waals surface area contributed by atoms with Crippen LogP contribution < -0.4 is 0 Å². The van der Waals surface area contributed by atoms with Crippen molar-refractivity contribution in [3.05, 3.63) is 0 Å². The zero-order chi connectivity index (χ0) is 28.6. The van der Waals surface area contributed by atoms with E-state index in [1.54, 1.807) is 0 Å². The van der Waals surface area contributed by atoms with Gasteiger partial charge in [-0.15, -0.1) is 0 Å². The number of aliphatic carboxylic acids is 1. The molecule has 5 aliphatic carbocycles. The lowest BCUT2D eigenvalue weighted by Gasteiger charge is -2.63. The summed E-state index contributed by atoms with van der Waals surface area (Å²) in [7, 11) is 0. The Morgan fingerprint density at radius 3 is 2.46 bits per heavy atom. The van der Waals surface area contributed by atoms with Gasteiger partial charge in [0, 0.05) is 6.54 Å². The van der Waals surface area contributed by atoms with Crippen molar-refractivity contribution >= 4 is 5.97 Å². The minimum Gasteiger partial charge on any atom is -0.479 e. The molecule has 7 nitrogen and oxygen atoms in total. The highest BCUT2D eigenvalue weighted by atomic mass is 16.7. The Morgan fingerprint density at radius 2 is 1.73 bits per heavy atom. The smallest absolute Gasteiger partial charge is 0.332 e. The number of fused-ring (bicyclic) bond motifs is 4. The molecule has 0 aromatic carbocycles. The third-order valence-electron chi connectivity index (χ3n) is 15.4. The van der Waals surface area contributed by atoms with Crippen molar-refractivity contribution in [1.29, 1.82) is 0 Å². The Labute approximate surface area is 246 Å². The zero-order valence-electron chi connectivity index (χ0n) is 26.0. The Morgan fingerprint density at radius 1 is 0.976 bits per heavy atom. The quantitative estimate of drug-likeness (QED) is 0.487. The Hall–Kier alpha value is -0.730. The second-order valence-corrected chi connectivity index (χ2v) is 16.9. The van der Waals surface area contributed by atoms with Crippen molar-refractivity contribution in [2.75, 3.05) is 32.9 Å². The van der Waals surface area contributed by atoms with Gasteiger partial charge >= 0.3 is 5.97 Å². The molecule has 41 heavy (non-hydrogen) atoms. The summed E-state index contributed by atoms with van der Waals surface area (Å²) in [6, 6.07) is 0.537. The average Bonchev–Trinajstić information content (AvgIpc) is 3.48. The van der Waals surface area contributed by atoms with E-state index in [1.165, 1.54) is 38.5 Å². The van der Waals surface area contributed by atoms with E-state index in [1.807, 2.05) is 0 Å². The SMILES string of the molecule is CC1CC(C(=O)O)OC2CC3(C)C4CCC5C(C)(C)C(OC6CN(C7COC7)CCO6)CCC56CC46CCC3(C)C12. The van der Waals surface area contributed by atoms with E-state index in [-0.39, 0.29) is 34.7 Å². The molecule has 8 aliphatic rings. The molecule has 0 amide bonds. The van der Waals surface area contributed by atoms with Gasteiger partial charge in [0.25, 0.3) is 0 Å². The molecule has 2 spiro atoms. The van der Waals surface area contributed by atoms with Gasteiger partial charge in [-0.2, -0.15) is 0 Å². The van der Waals surface area contributed by atoms with Crippen LogP contribution in [0, 0.1) is 50.7 Å². The summed E-state index contributed by atoms with van der Waals surface area (Å²) >= 11 is 0. The third kappa shape index (κ3) is 3.53. The van der Waals surface area contributed by atoms with Crippen LogP contribution in [0.2, 0.25) is 0 Å². The molecule has 8 fully saturated rings. The summed E-state index contributed by atoms with van der Waals surface area (Å²) in [6.07, 6.45) is 10.4. The highest BCUT2D eigenvalue weighted by Crippen LogP contribution is 2.89. The molecule has 0 bridgehead atoms. The summed E-state index contributed by atoms with van der Waals surface area (Å²) in [6.45, 7) is 16.8. The van der Waals surface area contributed by atoms with E-state index in [0.29, 0.717) is 41.0 Å². The summed E-state index contributed by atoms with van der Waals surface area (Å²) in [5.41, 5.74) is 1.50. The van der Waals surface area contributed by atoms with Gasteiger partial charge in [0.1, 0.15) is 0 Å². The lowest BCUT2D eigenvalue weighted by atomic mass is 9.41. The van der Waals surface area contributed by atoms with Gasteiger partial charge < -0.3 is 24.1 Å². The van der Waals surface area contributed by atoms with E-state index >= 15 is 0 Å². The predicted octanol–water partition coefficient (Wildman–Crippen LogP) is 5.36. The molecule has 8 rings (SSSR count). The fourth-order valence-electron chi connectivity index (χ4n) is 13.4. The molecule has 5 saturated carbocycles. The average molecular weight is 572 g/mol. The van der Waals surface area contributed by atoms with Crippen molar-refractivity contribution < 1.29 is 28.8 Å². The molecule has 3 heterocycles. The van der Waals surface area contributed by atoms with E-state index in [0.717, 1.165) is 51.7 Å². The minimum atomic E-state index is -0.775. The first-order valence-electron chi connectivity index (χ1n) is 16.9. The number of morpholine rings is 1. The number of hydrogen-bond donors (Lipinski definition) is 1. The molecule has 12 unspecified atom stereocenters. The maximum atomic E-state index is 11.9. The van der Waals surface area contributed by atoms with Crippen molar-refractivity contribution in [2.24, 2.45) is 50.7 Å². The van der Waals surface area contributed by atoms with Crippen molar-refractivity contribution in [3.63, 3.8) is 0 Å². The van der Waals surface area contributed by atoms with Gasteiger partial charge in [-0.05, 0) is 109 Å². The van der Waals surface area contributed by atoms with Crippen LogP contribution >= 0.6 is 0 Å². The molecule has 0 aromatic heterocycles. The first-order chi connectivity index (χ1) is 19.5. The number of nitrogens with zero attached hydrogens (tertiary/aromatic N) is 1. The number of carboxylic acids is 1. The molecule has 12 atom stereocenters. The molecule has 3 saturated heterocycles. The van der Waals surface area contributed by atoms with Crippen molar-refractivity contribution in [3.8, 4) is 0 Å². The molecule has 3 aliphatic heterocycles. The number of hydrogen-bond acceptors (Lipinski definition) is 6. The minimum absolute atomic E-state index is 0.0968. The molecular weight excluding hydrogens is 518 g/mol. The van der Waals surface area contributed by atoms with Crippen LogP contribution in [-0.4, -0.2) is 79.5 Å². The third-order valence-corrected chi connectivity index (χ3v) is 15.4. The van der Waals surface area contributed by atoms with E-state index < -0.39 is 12.1 Å². The summed E-state index contributed by atoms with van der Waals surface area (Å²) in [4.78, 5) is 14.4. The Balaban J connectivity index is 1.02. The normalized spacial score (nSPS) is 55.9. The van der Waals surface area contributed by atoms with Crippen LogP contribution in [0.25, 0.3) is 0 Å². The van der Waals surface area contributed by atoms with Gasteiger partial charge in [0.15, 0.2) is 12.4 Å². The summed E-state index contributed by atoms with van der Waals surface area (Å²) in [5, 5.41) is 9.80. The van der Waals surface area contributed by atoms with Crippen LogP contribution in [0.1, 0.15) is 92.4 Å². The molecule has 7 heteroatoms. The van der Waals surface area contributed by atoms with Crippen molar-refractivity contribution in [1.82, 2.24) is 4.90 Å². The molecule has 0 aromatic rings. The molecule has 0 radical (unpaired) electrons. The summed E-state index contributed by atoms with van der Waals surface area (Å²) in [5.74, 6) is 1.54. The van der Waals surface area contributed by atoms with Crippen molar-refractivity contribution in [2.45, 2.75) is 123 Å². The van der Waals surface area contributed by atoms with Gasteiger partial charge in [-0.3, -0.25) is 4.90 Å². The van der Waals surface area contributed by atoms with Crippen LogP contribution in [-0.2, 0) is 23.7 Å². The standard InChI is InChI=1S/C34H53NO6/c1-20-14-22(29(36)37)40-23-15-32(5)25-7-6-24-30(2,3)26(41-27-16-35(12-13-39-27)21-17-38-18-21)8-9-33(24)19-34(25,33)11-10-31(32,4)28(20)23/h20-28H,6-19H2,1-5H3,(H,36,37). The highest BCUT2D eigenvalue weighted by Gasteiger charge is 2.83. The van der Waals surface area contributed by atoms with E-state index in [9.17, 15) is 9.90 Å². The van der Waals surface area contributed by atoms with Crippen LogP contribution in [0.4, 0.5) is 0 Å². The number of carbonyl (C=O) groups is 1. The van der Waals surface area contributed by atoms with E-state index in [2.05, 4.69) is 39.5 Å². The van der Waals surface area contributed by atoms with Crippen LogP contribution in [0.15, 0.2) is 0 Å². The lowest BCUT2D eigenvalue weighted by molar-refractivity contribution is -0.255. The Bertz CT molecular complexity index is 1090. The molecular formula is C34H53NO6. The first kappa shape index (κ1) is 27.8. The number of rotatable bonds is 4. The first-order valence-corrected chi connectivity index (χ1v) is 16.9. The zero-order valence-corrected chi connectivity index (χ0v) is 26.0. The maximum Gasteiger partial charge on any atom is 0.332 e. The van der Waals surface area contributed by atoms with Gasteiger partial charge in [-0.1, -0.05) is 34.6 Å². The fraction of sp³-hybridized carbons (Fsp3) is 0.971. The van der Waals surface area contributed by atoms with Crippen LogP contribution in [0.3, 0.4) is 0 Å². The maximum absolute atomic E-state index is 11.9. The highest BCUT2D eigenvalue weighted by molar-refractivity contribution is 5.72. The van der Waals surface area contributed by atoms with Gasteiger partial charge in [0.2, 0.25) is 0 Å². The predicted molar refractivity (Wildman–Crippen MR) is 153 cm³/mol. The topological polar surface area (TPSA) is 77.5 Å². The molecule has 230 valence electrons.